The summed E-state index contributed by atoms with van der Waals surface area (Å²) in [6, 6.07) is 10.9. The van der Waals surface area contributed by atoms with Crippen molar-refractivity contribution in [1.82, 2.24) is 0 Å². The van der Waals surface area contributed by atoms with E-state index in [4.69, 9.17) is 16.3 Å². The first-order chi connectivity index (χ1) is 9.61. The van der Waals surface area contributed by atoms with Gasteiger partial charge in [-0.25, -0.2) is 0 Å². The predicted molar refractivity (Wildman–Crippen MR) is 74.3 cm³/mol. The molecule has 0 aliphatic heterocycles. The van der Waals surface area contributed by atoms with Gasteiger partial charge in [0.25, 0.3) is 5.69 Å². The number of carbonyl (C=O) groups is 1. The van der Waals surface area contributed by atoms with Crippen LogP contribution < -0.4 is 4.74 Å². The Kier molecular flexibility index (Phi) is 4.32. The van der Waals surface area contributed by atoms with E-state index < -0.39 is 4.92 Å². The van der Waals surface area contributed by atoms with E-state index in [1.165, 1.54) is 12.1 Å². The molecule has 0 saturated heterocycles. The van der Waals surface area contributed by atoms with Crippen LogP contribution in [0.15, 0.2) is 42.5 Å². The van der Waals surface area contributed by atoms with E-state index in [1.807, 2.05) is 0 Å². The second-order valence-electron chi connectivity index (χ2n) is 3.99. The maximum absolute atomic E-state index is 10.8. The quantitative estimate of drug-likeness (QED) is 0.479. The Morgan fingerprint density at radius 3 is 2.50 bits per heavy atom. The third-order valence-electron chi connectivity index (χ3n) is 2.66. The Balaban J connectivity index is 2.09. The molecule has 2 aromatic rings. The van der Waals surface area contributed by atoms with Crippen molar-refractivity contribution in [2.45, 2.75) is 6.61 Å². The van der Waals surface area contributed by atoms with Crippen LogP contribution in [0.1, 0.15) is 15.9 Å². The summed E-state index contributed by atoms with van der Waals surface area (Å²) in [5, 5.41) is 10.8. The molecule has 2 rings (SSSR count). The van der Waals surface area contributed by atoms with Crippen LogP contribution >= 0.6 is 11.6 Å². The molecular formula is C14H10ClNO4. The minimum Gasteiger partial charge on any atom is -0.487 e. The first-order valence-corrected chi connectivity index (χ1v) is 6.09. The molecule has 0 bridgehead atoms. The van der Waals surface area contributed by atoms with Gasteiger partial charge in [0.2, 0.25) is 0 Å². The van der Waals surface area contributed by atoms with Crippen molar-refractivity contribution < 1.29 is 14.5 Å². The molecule has 0 atom stereocenters. The number of hydrogen-bond acceptors (Lipinski definition) is 4. The van der Waals surface area contributed by atoms with Crippen LogP contribution in [0.3, 0.4) is 0 Å². The molecule has 0 saturated carbocycles. The standard InChI is InChI=1S/C14H10ClNO4/c15-14-11(8-17)2-1-3-13(14)20-9-10-4-6-12(7-5-10)16(18)19/h1-8H,9H2. The second kappa shape index (κ2) is 6.16. The lowest BCUT2D eigenvalue weighted by Crippen LogP contribution is -1.97. The Bertz CT molecular complexity index is 640. The van der Waals surface area contributed by atoms with Gasteiger partial charge in [-0.15, -0.1) is 0 Å². The Morgan fingerprint density at radius 2 is 1.90 bits per heavy atom. The van der Waals surface area contributed by atoms with Gasteiger partial charge in [-0.3, -0.25) is 14.9 Å². The minimum atomic E-state index is -0.463. The number of halogens is 1. The first-order valence-electron chi connectivity index (χ1n) is 5.71. The van der Waals surface area contributed by atoms with Crippen LogP contribution in [0.2, 0.25) is 5.02 Å². The van der Waals surface area contributed by atoms with Gasteiger partial charge >= 0.3 is 0 Å². The van der Waals surface area contributed by atoms with Gasteiger partial charge in [0.1, 0.15) is 12.4 Å². The van der Waals surface area contributed by atoms with Crippen LogP contribution in [-0.4, -0.2) is 11.2 Å². The molecule has 20 heavy (non-hydrogen) atoms. The van der Waals surface area contributed by atoms with Gasteiger partial charge in [-0.1, -0.05) is 17.7 Å². The van der Waals surface area contributed by atoms with Gasteiger partial charge in [0, 0.05) is 17.7 Å². The van der Waals surface area contributed by atoms with Crippen molar-refractivity contribution in [2.24, 2.45) is 0 Å². The highest BCUT2D eigenvalue weighted by atomic mass is 35.5. The van der Waals surface area contributed by atoms with E-state index in [0.29, 0.717) is 17.6 Å². The SMILES string of the molecule is O=Cc1cccc(OCc2ccc([N+](=O)[O-])cc2)c1Cl. The highest BCUT2D eigenvalue weighted by molar-refractivity contribution is 6.34. The molecule has 0 N–H and O–H groups in total. The van der Waals surface area contributed by atoms with E-state index in [9.17, 15) is 14.9 Å². The summed E-state index contributed by atoms with van der Waals surface area (Å²) in [6.07, 6.45) is 0.654. The molecule has 0 aromatic heterocycles. The third-order valence-corrected chi connectivity index (χ3v) is 3.07. The van der Waals surface area contributed by atoms with Crippen molar-refractivity contribution in [3.05, 3.63) is 68.7 Å². The lowest BCUT2D eigenvalue weighted by Gasteiger charge is -2.09. The highest BCUT2D eigenvalue weighted by Gasteiger charge is 2.08. The van der Waals surface area contributed by atoms with Crippen LogP contribution in [0, 0.1) is 10.1 Å². The summed E-state index contributed by atoms with van der Waals surface area (Å²) in [4.78, 5) is 20.8. The van der Waals surface area contributed by atoms with Crippen molar-refractivity contribution in [3.63, 3.8) is 0 Å². The Labute approximate surface area is 119 Å². The van der Waals surface area contributed by atoms with E-state index in [1.54, 1.807) is 30.3 Å². The fourth-order valence-electron chi connectivity index (χ4n) is 1.61. The number of non-ortho nitro benzene ring substituents is 1. The maximum Gasteiger partial charge on any atom is 0.269 e. The van der Waals surface area contributed by atoms with E-state index >= 15 is 0 Å². The monoisotopic (exact) mass is 291 g/mol. The van der Waals surface area contributed by atoms with Gasteiger partial charge in [-0.2, -0.15) is 0 Å². The summed E-state index contributed by atoms with van der Waals surface area (Å²) in [5.74, 6) is 0.398. The number of ether oxygens (including phenoxy) is 1. The van der Waals surface area contributed by atoms with E-state index in [-0.39, 0.29) is 17.3 Å². The first kappa shape index (κ1) is 14.0. The molecule has 0 radical (unpaired) electrons. The second-order valence-corrected chi connectivity index (χ2v) is 4.37. The number of hydrogen-bond donors (Lipinski definition) is 0. The topological polar surface area (TPSA) is 69.4 Å². The molecule has 102 valence electrons. The molecule has 0 aliphatic carbocycles. The molecule has 0 amide bonds. The largest absolute Gasteiger partial charge is 0.487 e. The van der Waals surface area contributed by atoms with Crippen molar-refractivity contribution >= 4 is 23.6 Å². The van der Waals surface area contributed by atoms with Gasteiger partial charge < -0.3 is 4.74 Å². The van der Waals surface area contributed by atoms with Gasteiger partial charge in [-0.05, 0) is 29.8 Å². The number of nitro groups is 1. The Morgan fingerprint density at radius 1 is 1.20 bits per heavy atom. The molecule has 0 spiro atoms. The fraction of sp³-hybridized carbons (Fsp3) is 0.0714. The molecule has 0 unspecified atom stereocenters. The molecule has 2 aromatic carbocycles. The number of nitro benzene ring substituents is 1. The third kappa shape index (κ3) is 3.13. The molecule has 0 fully saturated rings. The normalized spacial score (nSPS) is 10.1. The lowest BCUT2D eigenvalue weighted by atomic mass is 10.2. The molecule has 0 aliphatic rings. The molecule has 5 nitrogen and oxygen atoms in total. The smallest absolute Gasteiger partial charge is 0.269 e. The minimum absolute atomic E-state index is 0.0229. The van der Waals surface area contributed by atoms with E-state index in [0.717, 1.165) is 5.56 Å². The highest BCUT2D eigenvalue weighted by Crippen LogP contribution is 2.27. The molecule has 6 heteroatoms. The lowest BCUT2D eigenvalue weighted by molar-refractivity contribution is -0.384. The summed E-state index contributed by atoms with van der Waals surface area (Å²) in [6.45, 7) is 0.208. The van der Waals surface area contributed by atoms with Crippen LogP contribution in [0.4, 0.5) is 5.69 Å². The zero-order chi connectivity index (χ0) is 14.5. The predicted octanol–water partition coefficient (Wildman–Crippen LogP) is 3.64. The van der Waals surface area contributed by atoms with E-state index in [2.05, 4.69) is 0 Å². The van der Waals surface area contributed by atoms with Crippen molar-refractivity contribution in [2.75, 3.05) is 0 Å². The summed E-state index contributed by atoms with van der Waals surface area (Å²) >= 11 is 6.00. The number of rotatable bonds is 5. The number of nitrogens with zero attached hydrogens (tertiary/aromatic N) is 1. The Hall–Kier alpha value is -2.40. The van der Waals surface area contributed by atoms with Gasteiger partial charge in [0.15, 0.2) is 6.29 Å². The fourth-order valence-corrected chi connectivity index (χ4v) is 1.83. The maximum atomic E-state index is 10.8. The summed E-state index contributed by atoms with van der Waals surface area (Å²) in [5.41, 5.74) is 1.14. The zero-order valence-electron chi connectivity index (χ0n) is 10.3. The number of aldehydes is 1. The van der Waals surface area contributed by atoms with Crippen molar-refractivity contribution in [3.8, 4) is 5.75 Å². The van der Waals surface area contributed by atoms with Crippen molar-refractivity contribution in [1.29, 1.82) is 0 Å². The number of carbonyl (C=O) groups excluding carboxylic acids is 1. The molecular weight excluding hydrogens is 282 g/mol. The average molecular weight is 292 g/mol. The summed E-state index contributed by atoms with van der Waals surface area (Å²) in [7, 11) is 0. The van der Waals surface area contributed by atoms with Crippen LogP contribution in [-0.2, 0) is 6.61 Å². The number of benzene rings is 2. The van der Waals surface area contributed by atoms with Crippen LogP contribution in [0.25, 0.3) is 0 Å². The van der Waals surface area contributed by atoms with Crippen LogP contribution in [0.5, 0.6) is 5.75 Å². The molecule has 0 heterocycles. The summed E-state index contributed by atoms with van der Waals surface area (Å²) < 4.78 is 5.50. The average Bonchev–Trinajstić information content (AvgIpc) is 2.46. The zero-order valence-corrected chi connectivity index (χ0v) is 11.0. The van der Waals surface area contributed by atoms with Gasteiger partial charge in [0.05, 0.1) is 9.95 Å².